The lowest BCUT2D eigenvalue weighted by atomic mass is 9.90. The van der Waals surface area contributed by atoms with Crippen LogP contribution in [0.3, 0.4) is 0 Å². The van der Waals surface area contributed by atoms with Crippen LogP contribution in [0.25, 0.3) is 0 Å². The minimum Gasteiger partial charge on any atom is -0.337 e. The smallest absolute Gasteiger partial charge is 0.231 e. The molecule has 0 aliphatic rings. The first-order valence-corrected chi connectivity index (χ1v) is 10.1. The highest BCUT2D eigenvalue weighted by Gasteiger charge is 2.29. The molecule has 2 aromatic rings. The molecule has 1 atom stereocenters. The molecule has 0 unspecified atom stereocenters. The number of carbonyl (C=O) groups excluding carboxylic acids is 1. The van der Waals surface area contributed by atoms with Gasteiger partial charge in [-0.1, -0.05) is 43.0 Å². The zero-order valence-corrected chi connectivity index (χ0v) is 17.2. The summed E-state index contributed by atoms with van der Waals surface area (Å²) in [5.74, 6) is 0.0331. The molecule has 0 aliphatic heterocycles. The highest BCUT2D eigenvalue weighted by atomic mass is 32.2. The predicted molar refractivity (Wildman–Crippen MR) is 107 cm³/mol. The van der Waals surface area contributed by atoms with Gasteiger partial charge in [-0.05, 0) is 49.9 Å². The van der Waals surface area contributed by atoms with Crippen molar-refractivity contribution in [1.82, 2.24) is 15.5 Å². The monoisotopic (exact) mass is 389 g/mol. The molecule has 6 nitrogen and oxygen atoms in total. The molecule has 0 bridgehead atoms. The molecule has 2 N–H and O–H groups in total. The fraction of sp³-hybridized carbons (Fsp3) is 0.444. The number of nitrogens with one attached hydrogen (secondary N) is 2. The molecule has 0 saturated carbocycles. The van der Waals surface area contributed by atoms with Gasteiger partial charge >= 0.3 is 0 Å². The maximum Gasteiger partial charge on any atom is 0.231 e. The molecule has 138 valence electrons. The number of thioether (sulfide) groups is 1. The molecule has 26 heavy (non-hydrogen) atoms. The number of carbonyl (C=O) groups is 1. The van der Waals surface area contributed by atoms with Crippen LogP contribution in [0.15, 0.2) is 22.5 Å². The zero-order chi connectivity index (χ0) is 19.3. The topological polar surface area (TPSA) is 90.7 Å². The third-order valence-electron chi connectivity index (χ3n) is 4.28. The highest BCUT2D eigenvalue weighted by Crippen LogP contribution is 2.28. The van der Waals surface area contributed by atoms with Crippen molar-refractivity contribution in [2.45, 2.75) is 44.5 Å². The number of anilines is 2. The summed E-state index contributed by atoms with van der Waals surface area (Å²) >= 11 is 2.71. The molecule has 1 aromatic carbocycles. The van der Waals surface area contributed by atoms with Crippen molar-refractivity contribution in [3.63, 3.8) is 0 Å². The first kappa shape index (κ1) is 20.2. The second-order valence-electron chi connectivity index (χ2n) is 6.60. The number of hydrogen-bond donors (Lipinski definition) is 2. The molecule has 1 heterocycles. The Bertz CT molecular complexity index is 827. The summed E-state index contributed by atoms with van der Waals surface area (Å²) in [6, 6.07) is 8.29. The highest BCUT2D eigenvalue weighted by molar-refractivity contribution is 8.01. The average Bonchev–Trinajstić information content (AvgIpc) is 3.03. The van der Waals surface area contributed by atoms with Crippen LogP contribution in [0, 0.1) is 31.1 Å². The summed E-state index contributed by atoms with van der Waals surface area (Å²) in [5, 5.41) is 24.2. The Morgan fingerprint density at radius 3 is 2.69 bits per heavy atom. The summed E-state index contributed by atoms with van der Waals surface area (Å²) < 4.78 is 0.703. The standard InChI is InChI=1S/C18H23N5OS2/c1-11(2)18(5,10-19)21-15(24)9-25-17-23-22-16(26-17)20-14-7-6-12(3)13(4)8-14/h6-8,11H,9H2,1-5H3,(H,20,22)(H,21,24)/t18-/m1/s1. The molecule has 2 rings (SSSR count). The summed E-state index contributed by atoms with van der Waals surface area (Å²) in [6.07, 6.45) is 0. The fourth-order valence-corrected chi connectivity index (χ4v) is 3.59. The van der Waals surface area contributed by atoms with E-state index in [2.05, 4.69) is 52.9 Å². The Morgan fingerprint density at radius 1 is 1.35 bits per heavy atom. The minimum absolute atomic E-state index is 0.0248. The van der Waals surface area contributed by atoms with Crippen LogP contribution >= 0.6 is 23.1 Å². The Balaban J connectivity index is 1.91. The molecule has 0 spiro atoms. The van der Waals surface area contributed by atoms with Gasteiger partial charge in [0, 0.05) is 5.69 Å². The van der Waals surface area contributed by atoms with Crippen molar-refractivity contribution in [1.29, 1.82) is 5.26 Å². The Labute approximate surface area is 162 Å². The van der Waals surface area contributed by atoms with E-state index in [4.69, 9.17) is 0 Å². The van der Waals surface area contributed by atoms with E-state index in [-0.39, 0.29) is 17.6 Å². The van der Waals surface area contributed by atoms with Crippen LogP contribution in [-0.4, -0.2) is 27.4 Å². The van der Waals surface area contributed by atoms with Crippen LogP contribution in [-0.2, 0) is 4.79 Å². The molecule has 0 fully saturated rings. The van der Waals surface area contributed by atoms with Gasteiger partial charge < -0.3 is 10.6 Å². The first-order chi connectivity index (χ1) is 12.2. The Hall–Kier alpha value is -2.11. The van der Waals surface area contributed by atoms with Crippen molar-refractivity contribution in [2.75, 3.05) is 11.1 Å². The van der Waals surface area contributed by atoms with E-state index in [0.29, 0.717) is 9.47 Å². The van der Waals surface area contributed by atoms with Crippen LogP contribution in [0.4, 0.5) is 10.8 Å². The number of rotatable bonds is 7. The zero-order valence-electron chi connectivity index (χ0n) is 15.6. The Kier molecular flexibility index (Phi) is 6.62. The lowest BCUT2D eigenvalue weighted by Gasteiger charge is -2.27. The molecule has 8 heteroatoms. The quantitative estimate of drug-likeness (QED) is 0.694. The number of hydrogen-bond acceptors (Lipinski definition) is 7. The lowest BCUT2D eigenvalue weighted by molar-refractivity contribution is -0.120. The summed E-state index contributed by atoms with van der Waals surface area (Å²) in [6.45, 7) is 9.68. The van der Waals surface area contributed by atoms with Crippen molar-refractivity contribution in [3.05, 3.63) is 29.3 Å². The van der Waals surface area contributed by atoms with E-state index >= 15 is 0 Å². The predicted octanol–water partition coefficient (Wildman–Crippen LogP) is 4.05. The van der Waals surface area contributed by atoms with E-state index < -0.39 is 5.54 Å². The van der Waals surface area contributed by atoms with E-state index in [1.807, 2.05) is 19.9 Å². The van der Waals surface area contributed by atoms with Crippen LogP contribution in [0.2, 0.25) is 0 Å². The number of aromatic nitrogens is 2. The van der Waals surface area contributed by atoms with E-state index in [1.54, 1.807) is 6.92 Å². The van der Waals surface area contributed by atoms with Crippen molar-refractivity contribution < 1.29 is 4.79 Å². The summed E-state index contributed by atoms with van der Waals surface area (Å²) in [5.41, 5.74) is 2.53. The van der Waals surface area contributed by atoms with Gasteiger partial charge in [0.15, 0.2) is 4.34 Å². The van der Waals surface area contributed by atoms with Crippen molar-refractivity contribution in [2.24, 2.45) is 5.92 Å². The summed E-state index contributed by atoms with van der Waals surface area (Å²) in [4.78, 5) is 12.1. The molecule has 1 amide bonds. The van der Waals surface area contributed by atoms with E-state index in [9.17, 15) is 10.1 Å². The van der Waals surface area contributed by atoms with Gasteiger partial charge in [0.05, 0.1) is 11.8 Å². The van der Waals surface area contributed by atoms with Crippen LogP contribution < -0.4 is 10.6 Å². The molecular formula is C18H23N5OS2. The van der Waals surface area contributed by atoms with Crippen molar-refractivity contribution >= 4 is 39.8 Å². The van der Waals surface area contributed by atoms with Gasteiger partial charge in [-0.25, -0.2) is 0 Å². The molecule has 0 aliphatic carbocycles. The first-order valence-electron chi connectivity index (χ1n) is 8.26. The van der Waals surface area contributed by atoms with Gasteiger partial charge in [-0.15, -0.1) is 10.2 Å². The van der Waals surface area contributed by atoms with Gasteiger partial charge in [-0.2, -0.15) is 5.26 Å². The third-order valence-corrected chi connectivity index (χ3v) is 6.25. The molecule has 0 saturated heterocycles. The molecule has 0 radical (unpaired) electrons. The van der Waals surface area contributed by atoms with Crippen LogP contribution in [0.1, 0.15) is 31.9 Å². The van der Waals surface area contributed by atoms with Crippen LogP contribution in [0.5, 0.6) is 0 Å². The number of nitriles is 1. The third kappa shape index (κ3) is 5.19. The van der Waals surface area contributed by atoms with Gasteiger partial charge in [0.25, 0.3) is 0 Å². The maximum absolute atomic E-state index is 12.1. The van der Waals surface area contributed by atoms with Gasteiger partial charge in [0.1, 0.15) is 5.54 Å². The SMILES string of the molecule is Cc1ccc(Nc2nnc(SCC(=O)N[C@](C)(C#N)C(C)C)s2)cc1C. The Morgan fingerprint density at radius 2 is 2.08 bits per heavy atom. The van der Waals surface area contributed by atoms with E-state index in [1.165, 1.54) is 34.2 Å². The van der Waals surface area contributed by atoms with E-state index in [0.717, 1.165) is 5.69 Å². The molecular weight excluding hydrogens is 366 g/mol. The maximum atomic E-state index is 12.1. The second-order valence-corrected chi connectivity index (χ2v) is 8.80. The number of benzene rings is 1. The second kappa shape index (κ2) is 8.52. The minimum atomic E-state index is -0.866. The number of nitrogens with zero attached hydrogens (tertiary/aromatic N) is 3. The van der Waals surface area contributed by atoms with Crippen molar-refractivity contribution in [3.8, 4) is 6.07 Å². The fourth-order valence-electron chi connectivity index (χ4n) is 2.02. The normalized spacial score (nSPS) is 13.1. The lowest BCUT2D eigenvalue weighted by Crippen LogP contribution is -2.49. The number of aryl methyl sites for hydroxylation is 2. The summed E-state index contributed by atoms with van der Waals surface area (Å²) in [7, 11) is 0. The average molecular weight is 390 g/mol. The van der Waals surface area contributed by atoms with Gasteiger partial charge in [0.2, 0.25) is 11.0 Å². The van der Waals surface area contributed by atoms with Gasteiger partial charge in [-0.3, -0.25) is 4.79 Å². The molecule has 1 aromatic heterocycles. The number of amides is 1. The largest absolute Gasteiger partial charge is 0.337 e.